The number of nitrogens with one attached hydrogen (secondary N) is 2. The molecule has 0 aliphatic carbocycles. The molecule has 160 valence electrons. The van der Waals surface area contributed by atoms with E-state index in [0.717, 1.165) is 45.4 Å². The summed E-state index contributed by atoms with van der Waals surface area (Å²) in [5.41, 5.74) is 0. The summed E-state index contributed by atoms with van der Waals surface area (Å²) < 4.78 is 5.51. The van der Waals surface area contributed by atoms with Crippen LogP contribution in [0.15, 0.2) is 4.99 Å². The molecule has 2 N–H and O–H groups in total. The summed E-state index contributed by atoms with van der Waals surface area (Å²) in [6, 6.07) is 0.546. The van der Waals surface area contributed by atoms with E-state index >= 15 is 0 Å². The second-order valence-electron chi connectivity index (χ2n) is 8.38. The van der Waals surface area contributed by atoms with Gasteiger partial charge in [-0.1, -0.05) is 33.1 Å². The number of guanidine groups is 1. The monoisotopic (exact) mass is 383 g/mol. The number of unbranched alkanes of at least 4 members (excludes halogenated alkanes) is 4. The third-order valence-electron chi connectivity index (χ3n) is 5.11. The fraction of sp³-hybridized carbons (Fsp3) is 0.952. The van der Waals surface area contributed by atoms with Gasteiger partial charge in [-0.2, -0.15) is 0 Å². The van der Waals surface area contributed by atoms with Gasteiger partial charge < -0.3 is 20.3 Å². The van der Waals surface area contributed by atoms with E-state index < -0.39 is 0 Å². The summed E-state index contributed by atoms with van der Waals surface area (Å²) in [7, 11) is 6.16. The topological polar surface area (TPSA) is 52.1 Å². The highest BCUT2D eigenvalue weighted by molar-refractivity contribution is 5.79. The van der Waals surface area contributed by atoms with Crippen LogP contribution in [0.2, 0.25) is 0 Å². The molecule has 1 saturated heterocycles. The Balaban J connectivity index is 2.20. The maximum atomic E-state index is 5.51. The van der Waals surface area contributed by atoms with E-state index in [0.29, 0.717) is 12.0 Å². The van der Waals surface area contributed by atoms with E-state index in [1.165, 1.54) is 45.1 Å². The number of hydrogen-bond donors (Lipinski definition) is 2. The lowest BCUT2D eigenvalue weighted by Crippen LogP contribution is -2.51. The van der Waals surface area contributed by atoms with E-state index in [2.05, 4.69) is 53.4 Å². The van der Waals surface area contributed by atoms with Gasteiger partial charge in [-0.15, -0.1) is 0 Å². The lowest BCUT2D eigenvalue weighted by atomic mass is 10.0. The molecule has 1 rings (SSSR count). The van der Waals surface area contributed by atoms with Gasteiger partial charge in [0.05, 0.1) is 13.2 Å². The molecule has 27 heavy (non-hydrogen) atoms. The lowest BCUT2D eigenvalue weighted by molar-refractivity contribution is 0.0132. The predicted molar refractivity (Wildman–Crippen MR) is 117 cm³/mol. The molecule has 1 atom stereocenters. The van der Waals surface area contributed by atoms with Gasteiger partial charge in [0.25, 0.3) is 0 Å². The molecule has 0 aromatic rings. The van der Waals surface area contributed by atoms with E-state index in [9.17, 15) is 0 Å². The number of aliphatic imine (C=N–C) groups is 1. The average molecular weight is 384 g/mol. The number of nitrogens with zero attached hydrogens (tertiary/aromatic N) is 3. The minimum atomic E-state index is 0.546. The van der Waals surface area contributed by atoms with Crippen LogP contribution < -0.4 is 10.6 Å². The number of hydrogen-bond acceptors (Lipinski definition) is 4. The van der Waals surface area contributed by atoms with E-state index in [1.807, 2.05) is 7.05 Å². The standard InChI is InChI=1S/C21H45N5O/c1-19(2)17-20(26-13-15-27-16-14-26)18-24-21(22-3)23-11-9-7-6-8-10-12-25(4)5/h19-20H,6-18H2,1-5H3,(H2,22,23,24). The van der Waals surface area contributed by atoms with Crippen LogP contribution in [0.4, 0.5) is 0 Å². The minimum Gasteiger partial charge on any atom is -0.379 e. The van der Waals surface area contributed by atoms with Gasteiger partial charge in [0.15, 0.2) is 5.96 Å². The maximum Gasteiger partial charge on any atom is 0.191 e. The molecule has 0 amide bonds. The van der Waals surface area contributed by atoms with Gasteiger partial charge in [-0.3, -0.25) is 9.89 Å². The fourth-order valence-corrected chi connectivity index (χ4v) is 3.57. The molecule has 0 spiro atoms. The van der Waals surface area contributed by atoms with Crippen molar-refractivity contribution in [2.24, 2.45) is 10.9 Å². The molecule has 0 aromatic carbocycles. The Morgan fingerprint density at radius 2 is 1.70 bits per heavy atom. The molecular weight excluding hydrogens is 338 g/mol. The number of ether oxygens (including phenoxy) is 1. The zero-order valence-electron chi connectivity index (χ0n) is 18.6. The van der Waals surface area contributed by atoms with Gasteiger partial charge in [-0.05, 0) is 45.8 Å². The van der Waals surface area contributed by atoms with E-state index in [4.69, 9.17) is 4.74 Å². The Hall–Kier alpha value is -0.850. The second-order valence-corrected chi connectivity index (χ2v) is 8.38. The Bertz CT molecular complexity index is 381. The minimum absolute atomic E-state index is 0.546. The first-order chi connectivity index (χ1) is 13.0. The van der Waals surface area contributed by atoms with Gasteiger partial charge in [-0.25, -0.2) is 0 Å². The van der Waals surface area contributed by atoms with Crippen molar-refractivity contribution in [2.45, 2.75) is 58.4 Å². The summed E-state index contributed by atoms with van der Waals surface area (Å²) in [5.74, 6) is 1.63. The quantitative estimate of drug-likeness (QED) is 0.291. The number of rotatable bonds is 13. The molecule has 1 aliphatic rings. The van der Waals surface area contributed by atoms with Crippen molar-refractivity contribution in [1.29, 1.82) is 0 Å². The summed E-state index contributed by atoms with van der Waals surface area (Å²) in [6.07, 6.45) is 7.68. The molecule has 1 fully saturated rings. The molecule has 0 aromatic heterocycles. The van der Waals surface area contributed by atoms with Crippen molar-refractivity contribution in [2.75, 3.05) is 67.1 Å². The molecule has 0 bridgehead atoms. The smallest absolute Gasteiger partial charge is 0.191 e. The van der Waals surface area contributed by atoms with Crippen molar-refractivity contribution >= 4 is 5.96 Å². The molecule has 6 nitrogen and oxygen atoms in total. The van der Waals surface area contributed by atoms with Gasteiger partial charge in [0.1, 0.15) is 0 Å². The second kappa shape index (κ2) is 15.1. The predicted octanol–water partition coefficient (Wildman–Crippen LogP) is 2.41. The van der Waals surface area contributed by atoms with Gasteiger partial charge in [0.2, 0.25) is 0 Å². The summed E-state index contributed by atoms with van der Waals surface area (Å²) >= 11 is 0. The Kier molecular flexibility index (Phi) is 13.5. The van der Waals surface area contributed by atoms with Crippen LogP contribution >= 0.6 is 0 Å². The highest BCUT2D eigenvalue weighted by Crippen LogP contribution is 2.13. The van der Waals surface area contributed by atoms with Gasteiger partial charge in [0, 0.05) is 39.3 Å². The summed E-state index contributed by atoms with van der Waals surface area (Å²) in [6.45, 7) is 11.6. The van der Waals surface area contributed by atoms with Crippen molar-refractivity contribution in [3.63, 3.8) is 0 Å². The SMILES string of the molecule is CN=C(NCCCCCCCN(C)C)NCC(CC(C)C)N1CCOCC1. The van der Waals surface area contributed by atoms with Crippen molar-refractivity contribution in [1.82, 2.24) is 20.4 Å². The Labute approximate surface area is 168 Å². The van der Waals surface area contributed by atoms with Crippen LogP contribution in [0, 0.1) is 5.92 Å². The Morgan fingerprint density at radius 1 is 1.04 bits per heavy atom. The highest BCUT2D eigenvalue weighted by atomic mass is 16.5. The van der Waals surface area contributed by atoms with Gasteiger partial charge >= 0.3 is 0 Å². The first-order valence-electron chi connectivity index (χ1n) is 10.9. The summed E-state index contributed by atoms with van der Waals surface area (Å²) in [4.78, 5) is 9.23. The first-order valence-corrected chi connectivity index (χ1v) is 10.9. The van der Waals surface area contributed by atoms with Crippen molar-refractivity contribution in [3.05, 3.63) is 0 Å². The van der Waals surface area contributed by atoms with E-state index in [-0.39, 0.29) is 0 Å². The fourth-order valence-electron chi connectivity index (χ4n) is 3.57. The van der Waals surface area contributed by atoms with Crippen LogP contribution in [0.3, 0.4) is 0 Å². The zero-order valence-corrected chi connectivity index (χ0v) is 18.6. The molecule has 1 heterocycles. The van der Waals surface area contributed by atoms with Crippen LogP contribution in [0.1, 0.15) is 52.4 Å². The molecule has 0 radical (unpaired) electrons. The Morgan fingerprint density at radius 3 is 2.33 bits per heavy atom. The lowest BCUT2D eigenvalue weighted by Gasteiger charge is -2.35. The molecular formula is C21H45N5O. The third-order valence-corrected chi connectivity index (χ3v) is 5.11. The highest BCUT2D eigenvalue weighted by Gasteiger charge is 2.22. The van der Waals surface area contributed by atoms with E-state index in [1.54, 1.807) is 0 Å². The normalized spacial score (nSPS) is 17.5. The van der Waals surface area contributed by atoms with Crippen LogP contribution in [0.25, 0.3) is 0 Å². The van der Waals surface area contributed by atoms with Crippen molar-refractivity contribution in [3.8, 4) is 0 Å². The number of morpholine rings is 1. The molecule has 1 unspecified atom stereocenters. The van der Waals surface area contributed by atoms with Crippen LogP contribution in [-0.4, -0.2) is 88.9 Å². The molecule has 6 heteroatoms. The first kappa shape index (κ1) is 24.2. The largest absolute Gasteiger partial charge is 0.379 e. The molecule has 1 aliphatic heterocycles. The summed E-state index contributed by atoms with van der Waals surface area (Å²) in [5, 5.41) is 7.02. The third kappa shape index (κ3) is 12.3. The molecule has 0 saturated carbocycles. The van der Waals surface area contributed by atoms with Crippen LogP contribution in [-0.2, 0) is 4.74 Å². The van der Waals surface area contributed by atoms with Crippen LogP contribution in [0.5, 0.6) is 0 Å². The average Bonchev–Trinajstić information content (AvgIpc) is 2.65. The zero-order chi connectivity index (χ0) is 19.9. The van der Waals surface area contributed by atoms with Crippen molar-refractivity contribution < 1.29 is 4.74 Å². The maximum absolute atomic E-state index is 5.51.